The van der Waals surface area contributed by atoms with Crippen LogP contribution in [0.3, 0.4) is 0 Å². The molecule has 1 aromatic heterocycles. The Labute approximate surface area is 148 Å². The molecule has 0 unspecified atom stereocenters. The smallest absolute Gasteiger partial charge is 0.244 e. The van der Waals surface area contributed by atoms with E-state index in [9.17, 15) is 9.59 Å². The van der Waals surface area contributed by atoms with E-state index in [2.05, 4.69) is 26.6 Å². The van der Waals surface area contributed by atoms with Crippen molar-refractivity contribution in [3.63, 3.8) is 0 Å². The number of benzene rings is 1. The molecule has 0 radical (unpaired) electrons. The van der Waals surface area contributed by atoms with E-state index in [1.165, 1.54) is 12.3 Å². The first kappa shape index (κ1) is 17.8. The molecule has 126 valence electrons. The van der Waals surface area contributed by atoms with Gasteiger partial charge in [-0.2, -0.15) is 0 Å². The molecule has 0 saturated carbocycles. The lowest BCUT2D eigenvalue weighted by atomic mass is 10.2. The maximum Gasteiger partial charge on any atom is 0.244 e. The zero-order valence-corrected chi connectivity index (χ0v) is 14.6. The topological polar surface area (TPSA) is 80.6 Å². The van der Waals surface area contributed by atoms with E-state index in [-0.39, 0.29) is 24.9 Å². The molecule has 6 nitrogen and oxygen atoms in total. The predicted octanol–water partition coefficient (Wildman–Crippen LogP) is 2.50. The fourth-order valence-corrected chi connectivity index (χ4v) is 2.27. The Bertz CT molecular complexity index is 726. The van der Waals surface area contributed by atoms with Crippen molar-refractivity contribution in [1.82, 2.24) is 10.6 Å². The third-order valence-electron chi connectivity index (χ3n) is 3.07. The number of ether oxygens (including phenoxy) is 1. The van der Waals surface area contributed by atoms with Crippen molar-refractivity contribution in [2.75, 3.05) is 13.7 Å². The molecule has 0 aliphatic rings. The summed E-state index contributed by atoms with van der Waals surface area (Å²) >= 11 is 3.37. The van der Waals surface area contributed by atoms with Gasteiger partial charge >= 0.3 is 0 Å². The summed E-state index contributed by atoms with van der Waals surface area (Å²) in [6.45, 7) is 0.173. The number of rotatable bonds is 7. The van der Waals surface area contributed by atoms with Crippen LogP contribution in [-0.2, 0) is 16.1 Å². The van der Waals surface area contributed by atoms with Crippen LogP contribution in [0.1, 0.15) is 11.3 Å². The lowest BCUT2D eigenvalue weighted by Crippen LogP contribution is -2.35. The predicted molar refractivity (Wildman–Crippen MR) is 93.3 cm³/mol. The Morgan fingerprint density at radius 2 is 2.12 bits per heavy atom. The van der Waals surface area contributed by atoms with Gasteiger partial charge in [-0.1, -0.05) is 15.9 Å². The Morgan fingerprint density at radius 1 is 1.29 bits per heavy atom. The Morgan fingerprint density at radius 3 is 2.83 bits per heavy atom. The Kier molecular flexibility index (Phi) is 6.62. The second-order valence-electron chi connectivity index (χ2n) is 4.79. The second kappa shape index (κ2) is 8.93. The summed E-state index contributed by atoms with van der Waals surface area (Å²) < 4.78 is 11.2. The van der Waals surface area contributed by atoms with Crippen molar-refractivity contribution in [2.24, 2.45) is 0 Å². The molecule has 7 heteroatoms. The average molecular weight is 393 g/mol. The van der Waals surface area contributed by atoms with E-state index >= 15 is 0 Å². The largest absolute Gasteiger partial charge is 0.496 e. The molecule has 1 heterocycles. The minimum absolute atomic E-state index is 0.112. The Balaban J connectivity index is 1.80. The van der Waals surface area contributed by atoms with Gasteiger partial charge in [-0.25, -0.2) is 0 Å². The maximum atomic E-state index is 11.8. The van der Waals surface area contributed by atoms with E-state index in [0.29, 0.717) is 11.5 Å². The molecule has 2 amide bonds. The van der Waals surface area contributed by atoms with Crippen molar-refractivity contribution in [3.05, 3.63) is 58.5 Å². The summed E-state index contributed by atoms with van der Waals surface area (Å²) in [6, 6.07) is 8.97. The summed E-state index contributed by atoms with van der Waals surface area (Å²) in [5.74, 6) is 0.633. The highest BCUT2D eigenvalue weighted by molar-refractivity contribution is 9.10. The van der Waals surface area contributed by atoms with Crippen molar-refractivity contribution in [3.8, 4) is 5.75 Å². The van der Waals surface area contributed by atoms with Crippen LogP contribution in [0.2, 0.25) is 0 Å². The minimum Gasteiger partial charge on any atom is -0.496 e. The summed E-state index contributed by atoms with van der Waals surface area (Å²) in [5, 5.41) is 5.16. The van der Waals surface area contributed by atoms with Crippen LogP contribution in [-0.4, -0.2) is 25.5 Å². The summed E-state index contributed by atoms with van der Waals surface area (Å²) in [7, 11) is 1.56. The third-order valence-corrected chi connectivity index (χ3v) is 3.56. The van der Waals surface area contributed by atoms with Crippen LogP contribution in [0.4, 0.5) is 0 Å². The fourth-order valence-electron chi connectivity index (χ4n) is 1.89. The van der Waals surface area contributed by atoms with Crippen LogP contribution >= 0.6 is 15.9 Å². The number of amides is 2. The number of nitrogens with one attached hydrogen (secondary N) is 2. The highest BCUT2D eigenvalue weighted by Gasteiger charge is 2.05. The number of halogens is 1. The van der Waals surface area contributed by atoms with Gasteiger partial charge in [0.05, 0.1) is 26.5 Å². The number of hydrogen-bond acceptors (Lipinski definition) is 4. The van der Waals surface area contributed by atoms with E-state index in [0.717, 1.165) is 10.0 Å². The maximum absolute atomic E-state index is 11.8. The van der Waals surface area contributed by atoms with Crippen LogP contribution in [0, 0.1) is 0 Å². The third kappa shape index (κ3) is 5.58. The van der Waals surface area contributed by atoms with E-state index in [4.69, 9.17) is 9.15 Å². The Hall–Kier alpha value is -2.54. The van der Waals surface area contributed by atoms with Gasteiger partial charge in [-0.15, -0.1) is 0 Å². The molecule has 0 bridgehead atoms. The molecule has 0 aliphatic carbocycles. The fraction of sp³-hybridized carbons (Fsp3) is 0.176. The molecule has 0 spiro atoms. The van der Waals surface area contributed by atoms with Crippen molar-refractivity contribution in [2.45, 2.75) is 6.54 Å². The lowest BCUT2D eigenvalue weighted by Gasteiger charge is -2.05. The molecule has 2 N–H and O–H groups in total. The SMILES string of the molecule is COc1ccc(Br)cc1/C=C/C(=O)NCC(=O)NCc1ccco1. The first-order valence-electron chi connectivity index (χ1n) is 7.17. The van der Waals surface area contributed by atoms with E-state index in [1.54, 1.807) is 31.4 Å². The first-order valence-corrected chi connectivity index (χ1v) is 7.96. The average Bonchev–Trinajstić information content (AvgIpc) is 3.10. The van der Waals surface area contributed by atoms with Crippen LogP contribution < -0.4 is 15.4 Å². The molecule has 0 aliphatic heterocycles. The van der Waals surface area contributed by atoms with Gasteiger partial charge in [0.25, 0.3) is 0 Å². The van der Waals surface area contributed by atoms with Gasteiger partial charge in [-0.05, 0) is 36.4 Å². The zero-order valence-electron chi connectivity index (χ0n) is 13.0. The first-order chi connectivity index (χ1) is 11.6. The molecule has 2 aromatic rings. The summed E-state index contributed by atoms with van der Waals surface area (Å²) in [6.07, 6.45) is 4.51. The molecule has 0 atom stereocenters. The van der Waals surface area contributed by atoms with Crippen LogP contribution in [0.5, 0.6) is 5.75 Å². The van der Waals surface area contributed by atoms with E-state index in [1.807, 2.05) is 12.1 Å². The van der Waals surface area contributed by atoms with Crippen LogP contribution in [0.25, 0.3) is 6.08 Å². The van der Waals surface area contributed by atoms with Gasteiger partial charge in [0.2, 0.25) is 11.8 Å². The molecule has 1 aromatic carbocycles. The van der Waals surface area contributed by atoms with Gasteiger partial charge < -0.3 is 19.8 Å². The monoisotopic (exact) mass is 392 g/mol. The summed E-state index contributed by atoms with van der Waals surface area (Å²) in [4.78, 5) is 23.4. The molecule has 24 heavy (non-hydrogen) atoms. The van der Waals surface area contributed by atoms with E-state index < -0.39 is 0 Å². The number of furan rings is 1. The van der Waals surface area contributed by atoms with Gasteiger partial charge in [0, 0.05) is 16.1 Å². The van der Waals surface area contributed by atoms with Crippen molar-refractivity contribution < 1.29 is 18.7 Å². The zero-order chi connectivity index (χ0) is 17.4. The van der Waals surface area contributed by atoms with Gasteiger partial charge in [0.15, 0.2) is 0 Å². The van der Waals surface area contributed by atoms with Crippen LogP contribution in [0.15, 0.2) is 51.6 Å². The standard InChI is InChI=1S/C17H17BrN2O4/c1-23-15-6-5-13(18)9-12(15)4-7-16(21)20-11-17(22)19-10-14-3-2-8-24-14/h2-9H,10-11H2,1H3,(H,19,22)(H,20,21)/b7-4+. The number of hydrogen-bond donors (Lipinski definition) is 2. The second-order valence-corrected chi connectivity index (χ2v) is 5.71. The number of carbonyl (C=O) groups excluding carboxylic acids is 2. The van der Waals surface area contributed by atoms with Crippen molar-refractivity contribution >= 4 is 33.8 Å². The molecular weight excluding hydrogens is 376 g/mol. The molecule has 0 saturated heterocycles. The van der Waals surface area contributed by atoms with Crippen molar-refractivity contribution in [1.29, 1.82) is 0 Å². The molecular formula is C17H17BrN2O4. The van der Waals surface area contributed by atoms with Gasteiger partial charge in [-0.3, -0.25) is 9.59 Å². The lowest BCUT2D eigenvalue weighted by molar-refractivity contribution is -0.124. The number of carbonyl (C=O) groups is 2. The normalized spacial score (nSPS) is 10.6. The quantitative estimate of drug-likeness (QED) is 0.709. The number of methoxy groups -OCH3 is 1. The minimum atomic E-state index is -0.370. The molecule has 2 rings (SSSR count). The highest BCUT2D eigenvalue weighted by Crippen LogP contribution is 2.23. The highest BCUT2D eigenvalue weighted by atomic mass is 79.9. The van der Waals surface area contributed by atoms with Gasteiger partial charge in [0.1, 0.15) is 11.5 Å². The summed E-state index contributed by atoms with van der Waals surface area (Å²) in [5.41, 5.74) is 0.754. The molecule has 0 fully saturated rings.